The van der Waals surface area contributed by atoms with Crippen LogP contribution in [0.2, 0.25) is 0 Å². The van der Waals surface area contributed by atoms with Crippen molar-refractivity contribution in [1.29, 1.82) is 0 Å². The van der Waals surface area contributed by atoms with Gasteiger partial charge < -0.3 is 9.47 Å². The van der Waals surface area contributed by atoms with E-state index in [0.29, 0.717) is 12.8 Å². The number of hydrogen-bond donors (Lipinski definition) is 0. The zero-order valence-corrected chi connectivity index (χ0v) is 8.90. The van der Waals surface area contributed by atoms with Crippen LogP contribution in [0.3, 0.4) is 0 Å². The van der Waals surface area contributed by atoms with E-state index in [-0.39, 0.29) is 0 Å². The van der Waals surface area contributed by atoms with Crippen LogP contribution in [0.4, 0.5) is 0 Å². The molecule has 2 heterocycles. The van der Waals surface area contributed by atoms with Crippen molar-refractivity contribution in [2.45, 2.75) is 19.4 Å². The van der Waals surface area contributed by atoms with Gasteiger partial charge in [-0.3, -0.25) is 4.90 Å². The topological polar surface area (TPSA) is 21.7 Å². The van der Waals surface area contributed by atoms with Gasteiger partial charge >= 0.3 is 0 Å². The van der Waals surface area contributed by atoms with Crippen molar-refractivity contribution in [3.05, 3.63) is 23.8 Å². The third kappa shape index (κ3) is 1.47. The fourth-order valence-electron chi connectivity index (χ4n) is 2.11. The maximum Gasteiger partial charge on any atom is 0.231 e. The Hall–Kier alpha value is -1.22. The van der Waals surface area contributed by atoms with Gasteiger partial charge in [0.2, 0.25) is 6.79 Å². The van der Waals surface area contributed by atoms with Gasteiger partial charge in [0, 0.05) is 6.04 Å². The van der Waals surface area contributed by atoms with E-state index in [1.165, 1.54) is 25.1 Å². The Morgan fingerprint density at radius 1 is 1.20 bits per heavy atom. The first-order valence-corrected chi connectivity index (χ1v) is 5.48. The Balaban J connectivity index is 1.85. The second-order valence-electron chi connectivity index (χ2n) is 4.18. The Kier molecular flexibility index (Phi) is 2.06. The van der Waals surface area contributed by atoms with E-state index in [1.54, 1.807) is 0 Å². The molecule has 15 heavy (non-hydrogen) atoms. The minimum Gasteiger partial charge on any atom is -0.454 e. The second-order valence-corrected chi connectivity index (χ2v) is 4.18. The maximum atomic E-state index is 5.38. The predicted octanol–water partition coefficient (Wildman–Crippen LogP) is 2.18. The molecule has 1 aromatic rings. The van der Waals surface area contributed by atoms with Gasteiger partial charge in [0.1, 0.15) is 0 Å². The molecule has 0 N–H and O–H groups in total. The van der Waals surface area contributed by atoms with Crippen molar-refractivity contribution >= 4 is 0 Å². The lowest BCUT2D eigenvalue weighted by molar-refractivity contribution is 0.128. The van der Waals surface area contributed by atoms with E-state index < -0.39 is 0 Å². The van der Waals surface area contributed by atoms with Crippen molar-refractivity contribution < 1.29 is 9.47 Å². The lowest BCUT2D eigenvalue weighted by Gasteiger charge is -2.36. The molecular weight excluding hydrogens is 190 g/mol. The van der Waals surface area contributed by atoms with Crippen molar-refractivity contribution in [2.24, 2.45) is 0 Å². The first-order chi connectivity index (χ1) is 7.34. The Morgan fingerprint density at radius 2 is 2.00 bits per heavy atom. The van der Waals surface area contributed by atoms with Crippen LogP contribution in [-0.4, -0.2) is 24.8 Å². The average Bonchev–Trinajstić information content (AvgIpc) is 2.61. The molecule has 0 aliphatic carbocycles. The smallest absolute Gasteiger partial charge is 0.231 e. The number of rotatable bonds is 2. The summed E-state index contributed by atoms with van der Waals surface area (Å²) < 4.78 is 10.7. The molecule has 1 fully saturated rings. The standard InChI is InChI=1S/C12H15NO2/c1-9(13-5-2-6-13)10-3-4-11-12(7-10)15-8-14-11/h3-4,7,9H,2,5-6,8H2,1H3. The van der Waals surface area contributed by atoms with Gasteiger partial charge in [-0.25, -0.2) is 0 Å². The SMILES string of the molecule is CC(c1ccc2c(c1)OCO2)N1CCC1. The zero-order chi connectivity index (χ0) is 10.3. The van der Waals surface area contributed by atoms with Gasteiger partial charge in [-0.2, -0.15) is 0 Å². The van der Waals surface area contributed by atoms with Gasteiger partial charge in [0.25, 0.3) is 0 Å². The molecule has 2 aliphatic heterocycles. The molecule has 0 radical (unpaired) electrons. The monoisotopic (exact) mass is 205 g/mol. The van der Waals surface area contributed by atoms with Crippen LogP contribution in [0.25, 0.3) is 0 Å². The van der Waals surface area contributed by atoms with Crippen LogP contribution in [0, 0.1) is 0 Å². The molecule has 0 bridgehead atoms. The summed E-state index contributed by atoms with van der Waals surface area (Å²) in [5.41, 5.74) is 1.32. The lowest BCUT2D eigenvalue weighted by atomic mass is 10.0. The second kappa shape index (κ2) is 3.42. The molecule has 3 nitrogen and oxygen atoms in total. The highest BCUT2D eigenvalue weighted by Crippen LogP contribution is 2.36. The largest absolute Gasteiger partial charge is 0.454 e. The van der Waals surface area contributed by atoms with Crippen LogP contribution >= 0.6 is 0 Å². The summed E-state index contributed by atoms with van der Waals surface area (Å²) in [7, 11) is 0. The summed E-state index contributed by atoms with van der Waals surface area (Å²) >= 11 is 0. The van der Waals surface area contributed by atoms with Gasteiger partial charge in [-0.05, 0) is 44.1 Å². The molecule has 3 rings (SSSR count). The molecule has 3 heteroatoms. The van der Waals surface area contributed by atoms with Crippen molar-refractivity contribution in [1.82, 2.24) is 4.90 Å². The molecule has 1 aromatic carbocycles. The van der Waals surface area contributed by atoms with Gasteiger partial charge in [-0.15, -0.1) is 0 Å². The molecule has 1 atom stereocenters. The van der Waals surface area contributed by atoms with Crippen molar-refractivity contribution in [3.63, 3.8) is 0 Å². The summed E-state index contributed by atoms with van der Waals surface area (Å²) in [6, 6.07) is 6.74. The highest BCUT2D eigenvalue weighted by atomic mass is 16.7. The molecule has 0 spiro atoms. The predicted molar refractivity (Wildman–Crippen MR) is 57.2 cm³/mol. The summed E-state index contributed by atoms with van der Waals surface area (Å²) in [5.74, 6) is 1.76. The van der Waals surface area contributed by atoms with Crippen molar-refractivity contribution in [3.8, 4) is 11.5 Å². The Bertz CT molecular complexity index is 374. The Labute approximate surface area is 89.6 Å². The summed E-state index contributed by atoms with van der Waals surface area (Å²) in [5, 5.41) is 0. The highest BCUT2D eigenvalue weighted by Gasteiger charge is 2.23. The molecule has 0 amide bonds. The highest BCUT2D eigenvalue weighted by molar-refractivity contribution is 5.45. The molecule has 2 aliphatic rings. The number of benzene rings is 1. The fraction of sp³-hybridized carbons (Fsp3) is 0.500. The van der Waals surface area contributed by atoms with Crippen LogP contribution in [0.5, 0.6) is 11.5 Å². The van der Waals surface area contributed by atoms with Gasteiger partial charge in [-0.1, -0.05) is 6.07 Å². The Morgan fingerprint density at radius 3 is 2.73 bits per heavy atom. The number of nitrogens with zero attached hydrogens (tertiary/aromatic N) is 1. The quantitative estimate of drug-likeness (QED) is 0.738. The van der Waals surface area contributed by atoms with E-state index in [9.17, 15) is 0 Å². The molecule has 0 saturated carbocycles. The van der Waals surface area contributed by atoms with E-state index >= 15 is 0 Å². The first-order valence-electron chi connectivity index (χ1n) is 5.48. The van der Waals surface area contributed by atoms with Crippen LogP contribution in [0.1, 0.15) is 24.9 Å². The fourth-order valence-corrected chi connectivity index (χ4v) is 2.11. The van der Waals surface area contributed by atoms with E-state index in [4.69, 9.17) is 9.47 Å². The van der Waals surface area contributed by atoms with Crippen LogP contribution < -0.4 is 9.47 Å². The van der Waals surface area contributed by atoms with Crippen LogP contribution in [0.15, 0.2) is 18.2 Å². The molecule has 0 aromatic heterocycles. The zero-order valence-electron chi connectivity index (χ0n) is 8.90. The molecule has 1 unspecified atom stereocenters. The summed E-state index contributed by atoms with van der Waals surface area (Å²) in [4.78, 5) is 2.47. The average molecular weight is 205 g/mol. The number of fused-ring (bicyclic) bond motifs is 1. The lowest BCUT2D eigenvalue weighted by Crippen LogP contribution is -2.38. The van der Waals surface area contributed by atoms with E-state index in [1.807, 2.05) is 6.07 Å². The van der Waals surface area contributed by atoms with E-state index in [2.05, 4.69) is 24.0 Å². The normalized spacial score (nSPS) is 21.1. The van der Waals surface area contributed by atoms with Crippen LogP contribution in [-0.2, 0) is 0 Å². The maximum absolute atomic E-state index is 5.38. The number of ether oxygens (including phenoxy) is 2. The third-order valence-electron chi connectivity index (χ3n) is 3.32. The minimum absolute atomic E-state index is 0.358. The van der Waals surface area contributed by atoms with Gasteiger partial charge in [0.15, 0.2) is 11.5 Å². The molecular formula is C12H15NO2. The third-order valence-corrected chi connectivity index (χ3v) is 3.32. The summed E-state index contributed by atoms with van der Waals surface area (Å²) in [6.45, 7) is 5.04. The van der Waals surface area contributed by atoms with E-state index in [0.717, 1.165) is 11.5 Å². The number of hydrogen-bond acceptors (Lipinski definition) is 3. The first kappa shape index (κ1) is 9.04. The molecule has 80 valence electrons. The van der Waals surface area contributed by atoms with Gasteiger partial charge in [0.05, 0.1) is 0 Å². The van der Waals surface area contributed by atoms with Crippen molar-refractivity contribution in [2.75, 3.05) is 19.9 Å². The minimum atomic E-state index is 0.358. The molecule has 1 saturated heterocycles. The summed E-state index contributed by atoms with van der Waals surface area (Å²) in [6.07, 6.45) is 1.33. The number of likely N-dealkylation sites (tertiary alicyclic amines) is 1.